The summed E-state index contributed by atoms with van der Waals surface area (Å²) in [6.07, 6.45) is 2.31. The molecule has 1 amide bonds. The standard InChI is InChI=1S/C12H18N2O2S.ClH/c1-12(7-13,8-3-4-8)14-11(15)10-5-9(16-2)6-17-10;/h5-6,8H,3-4,7,13H2,1-2H3,(H,14,15);1H. The first-order valence-corrected chi connectivity index (χ1v) is 6.62. The highest BCUT2D eigenvalue weighted by molar-refractivity contribution is 7.12. The number of rotatable bonds is 5. The van der Waals surface area contributed by atoms with E-state index in [1.165, 1.54) is 11.3 Å². The summed E-state index contributed by atoms with van der Waals surface area (Å²) in [5.74, 6) is 1.19. The number of ether oxygens (including phenoxy) is 1. The third kappa shape index (κ3) is 3.16. The molecule has 0 aliphatic heterocycles. The quantitative estimate of drug-likeness (QED) is 0.872. The average molecular weight is 291 g/mol. The molecule has 1 aromatic heterocycles. The molecule has 1 fully saturated rings. The maximum atomic E-state index is 12.1. The maximum absolute atomic E-state index is 12.1. The van der Waals surface area contributed by atoms with Gasteiger partial charge in [-0.1, -0.05) is 0 Å². The molecule has 2 rings (SSSR count). The van der Waals surface area contributed by atoms with Crippen molar-refractivity contribution in [3.05, 3.63) is 16.3 Å². The van der Waals surface area contributed by atoms with Gasteiger partial charge in [0.15, 0.2) is 0 Å². The van der Waals surface area contributed by atoms with Gasteiger partial charge in [0.2, 0.25) is 0 Å². The molecular weight excluding hydrogens is 272 g/mol. The lowest BCUT2D eigenvalue weighted by molar-refractivity contribution is 0.0902. The molecule has 1 aliphatic rings. The summed E-state index contributed by atoms with van der Waals surface area (Å²) in [7, 11) is 1.60. The molecule has 1 unspecified atom stereocenters. The van der Waals surface area contributed by atoms with E-state index in [4.69, 9.17) is 10.5 Å². The van der Waals surface area contributed by atoms with E-state index in [-0.39, 0.29) is 23.9 Å². The Kier molecular flexibility index (Phi) is 5.01. The van der Waals surface area contributed by atoms with Gasteiger partial charge in [-0.15, -0.1) is 23.7 Å². The van der Waals surface area contributed by atoms with Crippen LogP contribution in [0.3, 0.4) is 0 Å². The highest BCUT2D eigenvalue weighted by atomic mass is 35.5. The van der Waals surface area contributed by atoms with Crippen molar-refractivity contribution in [1.82, 2.24) is 5.32 Å². The maximum Gasteiger partial charge on any atom is 0.261 e. The number of thiophene rings is 1. The van der Waals surface area contributed by atoms with E-state index in [0.717, 1.165) is 18.6 Å². The average Bonchev–Trinajstić information content (AvgIpc) is 3.07. The number of carbonyl (C=O) groups excluding carboxylic acids is 1. The van der Waals surface area contributed by atoms with Crippen LogP contribution in [0.5, 0.6) is 5.75 Å². The predicted octanol–water partition coefficient (Wildman–Crippen LogP) is 2.04. The third-order valence-corrected chi connectivity index (χ3v) is 4.24. The Morgan fingerprint density at radius 1 is 1.67 bits per heavy atom. The van der Waals surface area contributed by atoms with Crippen molar-refractivity contribution in [2.24, 2.45) is 11.7 Å². The molecule has 4 nitrogen and oxygen atoms in total. The van der Waals surface area contributed by atoms with Crippen molar-refractivity contribution in [2.75, 3.05) is 13.7 Å². The van der Waals surface area contributed by atoms with Crippen LogP contribution in [0.4, 0.5) is 0 Å². The van der Waals surface area contributed by atoms with Gasteiger partial charge < -0.3 is 15.8 Å². The Morgan fingerprint density at radius 2 is 2.33 bits per heavy atom. The van der Waals surface area contributed by atoms with Crippen LogP contribution in [0.2, 0.25) is 0 Å². The van der Waals surface area contributed by atoms with Gasteiger partial charge in [0.25, 0.3) is 5.91 Å². The number of amides is 1. The molecule has 3 N–H and O–H groups in total. The predicted molar refractivity (Wildman–Crippen MR) is 75.8 cm³/mol. The van der Waals surface area contributed by atoms with Crippen LogP contribution < -0.4 is 15.8 Å². The second-order valence-electron chi connectivity index (χ2n) is 4.70. The van der Waals surface area contributed by atoms with Gasteiger partial charge in [-0.3, -0.25) is 4.79 Å². The van der Waals surface area contributed by atoms with Crippen LogP contribution in [0, 0.1) is 5.92 Å². The minimum absolute atomic E-state index is 0. The number of nitrogens with one attached hydrogen (secondary N) is 1. The van der Waals surface area contributed by atoms with E-state index in [0.29, 0.717) is 17.3 Å². The first-order valence-electron chi connectivity index (χ1n) is 5.74. The molecule has 1 atom stereocenters. The van der Waals surface area contributed by atoms with Crippen LogP contribution in [0.1, 0.15) is 29.4 Å². The van der Waals surface area contributed by atoms with Gasteiger partial charge in [0.1, 0.15) is 5.75 Å². The van der Waals surface area contributed by atoms with Crippen molar-refractivity contribution >= 4 is 29.7 Å². The van der Waals surface area contributed by atoms with Crippen molar-refractivity contribution in [3.63, 3.8) is 0 Å². The molecule has 0 radical (unpaired) electrons. The van der Waals surface area contributed by atoms with Crippen LogP contribution in [0.15, 0.2) is 11.4 Å². The molecule has 1 aromatic rings. The molecule has 1 aliphatic carbocycles. The topological polar surface area (TPSA) is 64.3 Å². The van der Waals surface area contributed by atoms with Gasteiger partial charge in [0.05, 0.1) is 17.5 Å². The van der Waals surface area contributed by atoms with Crippen LogP contribution >= 0.6 is 23.7 Å². The Hall–Kier alpha value is -0.780. The Morgan fingerprint density at radius 3 is 2.78 bits per heavy atom. The largest absolute Gasteiger partial charge is 0.496 e. The number of halogens is 1. The van der Waals surface area contributed by atoms with Crippen LogP contribution in [0.25, 0.3) is 0 Å². The highest BCUT2D eigenvalue weighted by Gasteiger charge is 2.41. The minimum Gasteiger partial charge on any atom is -0.496 e. The van der Waals surface area contributed by atoms with Gasteiger partial charge in [-0.05, 0) is 25.7 Å². The fourth-order valence-electron chi connectivity index (χ4n) is 1.91. The third-order valence-electron chi connectivity index (χ3n) is 3.34. The molecular formula is C12H19ClN2O2S. The van der Waals surface area contributed by atoms with Crippen molar-refractivity contribution in [1.29, 1.82) is 0 Å². The van der Waals surface area contributed by atoms with E-state index in [9.17, 15) is 4.79 Å². The van der Waals surface area contributed by atoms with Gasteiger partial charge in [0, 0.05) is 18.0 Å². The summed E-state index contributed by atoms with van der Waals surface area (Å²) >= 11 is 1.39. The number of methoxy groups -OCH3 is 1. The van der Waals surface area contributed by atoms with E-state index in [1.807, 2.05) is 12.3 Å². The van der Waals surface area contributed by atoms with Crippen LogP contribution in [-0.2, 0) is 0 Å². The van der Waals surface area contributed by atoms with Gasteiger partial charge >= 0.3 is 0 Å². The lowest BCUT2D eigenvalue weighted by Crippen LogP contribution is -2.53. The number of hydrogen-bond acceptors (Lipinski definition) is 4. The summed E-state index contributed by atoms with van der Waals surface area (Å²) < 4.78 is 5.07. The Balaban J connectivity index is 0.00000162. The normalized spacial score (nSPS) is 17.5. The van der Waals surface area contributed by atoms with E-state index < -0.39 is 0 Å². The smallest absolute Gasteiger partial charge is 0.261 e. The highest BCUT2D eigenvalue weighted by Crippen LogP contribution is 2.39. The monoisotopic (exact) mass is 290 g/mol. The van der Waals surface area contributed by atoms with E-state index in [1.54, 1.807) is 13.2 Å². The summed E-state index contributed by atoms with van der Waals surface area (Å²) in [6, 6.07) is 1.75. The van der Waals surface area contributed by atoms with Crippen molar-refractivity contribution in [2.45, 2.75) is 25.3 Å². The summed E-state index contributed by atoms with van der Waals surface area (Å²) in [5.41, 5.74) is 5.50. The molecule has 0 spiro atoms. The molecule has 18 heavy (non-hydrogen) atoms. The molecule has 0 bridgehead atoms. The lowest BCUT2D eigenvalue weighted by Gasteiger charge is -2.29. The van der Waals surface area contributed by atoms with E-state index in [2.05, 4.69) is 5.32 Å². The zero-order chi connectivity index (χ0) is 12.5. The Bertz CT molecular complexity index is 420. The fourth-order valence-corrected chi connectivity index (χ4v) is 2.66. The van der Waals surface area contributed by atoms with E-state index >= 15 is 0 Å². The molecule has 1 heterocycles. The minimum atomic E-state index is -0.270. The second kappa shape index (κ2) is 5.91. The SMILES string of the molecule is COc1csc(C(=O)NC(C)(CN)C2CC2)c1.Cl. The zero-order valence-electron chi connectivity index (χ0n) is 10.6. The zero-order valence-corrected chi connectivity index (χ0v) is 12.2. The van der Waals surface area contributed by atoms with Crippen molar-refractivity contribution < 1.29 is 9.53 Å². The summed E-state index contributed by atoms with van der Waals surface area (Å²) in [4.78, 5) is 12.7. The molecule has 1 saturated carbocycles. The first kappa shape index (κ1) is 15.3. The molecule has 0 aromatic carbocycles. The molecule has 102 valence electrons. The Labute approximate surface area is 117 Å². The number of nitrogens with two attached hydrogens (primary N) is 1. The van der Waals surface area contributed by atoms with Gasteiger partial charge in [-0.2, -0.15) is 0 Å². The number of carbonyl (C=O) groups is 1. The fraction of sp³-hybridized carbons (Fsp3) is 0.583. The summed E-state index contributed by atoms with van der Waals surface area (Å²) in [6.45, 7) is 2.50. The van der Waals surface area contributed by atoms with Crippen LogP contribution in [-0.4, -0.2) is 25.1 Å². The van der Waals surface area contributed by atoms with Gasteiger partial charge in [-0.25, -0.2) is 0 Å². The number of hydrogen-bond donors (Lipinski definition) is 2. The molecule has 0 saturated heterocycles. The second-order valence-corrected chi connectivity index (χ2v) is 5.61. The lowest BCUT2D eigenvalue weighted by atomic mass is 9.96. The first-order chi connectivity index (χ1) is 8.09. The molecule has 6 heteroatoms. The van der Waals surface area contributed by atoms with Crippen molar-refractivity contribution in [3.8, 4) is 5.75 Å². The summed E-state index contributed by atoms with van der Waals surface area (Å²) in [5, 5.41) is 4.87.